The molecule has 0 saturated heterocycles. The van der Waals surface area contributed by atoms with E-state index < -0.39 is 29.4 Å². The number of anilines is 1. The van der Waals surface area contributed by atoms with E-state index in [0.29, 0.717) is 5.13 Å². The molecule has 0 bridgehead atoms. The summed E-state index contributed by atoms with van der Waals surface area (Å²) in [7, 11) is 0. The summed E-state index contributed by atoms with van der Waals surface area (Å²) in [6.45, 7) is -0.225. The van der Waals surface area contributed by atoms with Crippen LogP contribution in [-0.2, 0) is 17.5 Å². The summed E-state index contributed by atoms with van der Waals surface area (Å²) in [5, 5.41) is 13.9. The number of para-hydroxylation sites is 1. The Bertz CT molecular complexity index is 1670. The molecule has 2 heterocycles. The molecule has 5 rings (SSSR count). The van der Waals surface area contributed by atoms with Crippen LogP contribution in [0.3, 0.4) is 0 Å². The molecular formula is C26H18F4N6O2S2. The minimum Gasteiger partial charge on any atom is -0.345 e. The van der Waals surface area contributed by atoms with Crippen molar-refractivity contribution in [2.24, 2.45) is 0 Å². The second-order valence-corrected chi connectivity index (χ2v) is 10.3. The molecule has 0 fully saturated rings. The Labute approximate surface area is 232 Å². The normalized spacial score (nSPS) is 11.5. The average Bonchev–Trinajstić information content (AvgIpc) is 3.53. The number of nitrogens with zero attached hydrogens (tertiary/aromatic N) is 4. The van der Waals surface area contributed by atoms with Crippen molar-refractivity contribution in [1.82, 2.24) is 25.1 Å². The quantitative estimate of drug-likeness (QED) is 0.179. The lowest BCUT2D eigenvalue weighted by molar-refractivity contribution is -0.137. The third-order valence-electron chi connectivity index (χ3n) is 5.50. The van der Waals surface area contributed by atoms with Gasteiger partial charge in [-0.2, -0.15) is 13.2 Å². The van der Waals surface area contributed by atoms with Crippen LogP contribution < -0.4 is 10.6 Å². The number of aromatic nitrogens is 4. The summed E-state index contributed by atoms with van der Waals surface area (Å²) in [5.74, 6) is -1.63. The van der Waals surface area contributed by atoms with Crippen LogP contribution in [0, 0.1) is 5.82 Å². The SMILES string of the molecule is O=C(CSc1nnc(CNC(=O)c2cccc(F)c2)n1-c1cccc(C(F)(F)F)c1)Nc1nc2ccccc2s1. The molecule has 5 aromatic rings. The van der Waals surface area contributed by atoms with Crippen LogP contribution in [0.5, 0.6) is 0 Å². The molecule has 2 N–H and O–H groups in total. The Morgan fingerprint density at radius 2 is 1.77 bits per heavy atom. The number of thiazole rings is 1. The van der Waals surface area contributed by atoms with Gasteiger partial charge < -0.3 is 10.6 Å². The van der Waals surface area contributed by atoms with Gasteiger partial charge in [-0.15, -0.1) is 10.2 Å². The molecule has 2 amide bonds. The largest absolute Gasteiger partial charge is 0.416 e. The molecule has 0 aliphatic carbocycles. The number of rotatable bonds is 8. The van der Waals surface area contributed by atoms with Gasteiger partial charge in [0, 0.05) is 5.56 Å². The number of nitrogens with one attached hydrogen (secondary N) is 2. The van der Waals surface area contributed by atoms with Crippen LogP contribution in [0.1, 0.15) is 21.7 Å². The van der Waals surface area contributed by atoms with Crippen LogP contribution in [0.15, 0.2) is 78.0 Å². The molecule has 3 aromatic carbocycles. The number of halogens is 4. The van der Waals surface area contributed by atoms with Crippen molar-refractivity contribution in [2.45, 2.75) is 17.9 Å². The number of carbonyl (C=O) groups is 2. The molecule has 14 heteroatoms. The molecule has 0 aliphatic heterocycles. The zero-order valence-electron chi connectivity index (χ0n) is 20.3. The number of thioether (sulfide) groups is 1. The van der Waals surface area contributed by atoms with E-state index in [1.165, 1.54) is 46.2 Å². The van der Waals surface area contributed by atoms with E-state index in [0.717, 1.165) is 40.2 Å². The molecule has 0 spiro atoms. The fourth-order valence-electron chi connectivity index (χ4n) is 3.69. The van der Waals surface area contributed by atoms with E-state index in [4.69, 9.17) is 0 Å². The van der Waals surface area contributed by atoms with Gasteiger partial charge in [0.15, 0.2) is 16.1 Å². The Balaban J connectivity index is 1.37. The highest BCUT2D eigenvalue weighted by Gasteiger charge is 2.31. The lowest BCUT2D eigenvalue weighted by Crippen LogP contribution is -2.25. The monoisotopic (exact) mass is 586 g/mol. The predicted molar refractivity (Wildman–Crippen MR) is 143 cm³/mol. The summed E-state index contributed by atoms with van der Waals surface area (Å²) < 4.78 is 56.0. The summed E-state index contributed by atoms with van der Waals surface area (Å²) in [5.41, 5.74) is -0.00203. The number of benzene rings is 3. The van der Waals surface area contributed by atoms with Crippen molar-refractivity contribution in [2.75, 3.05) is 11.1 Å². The molecule has 40 heavy (non-hydrogen) atoms. The van der Waals surface area contributed by atoms with Gasteiger partial charge in [-0.3, -0.25) is 14.2 Å². The van der Waals surface area contributed by atoms with Gasteiger partial charge in [0.2, 0.25) is 5.91 Å². The Hall–Kier alpha value is -4.30. The van der Waals surface area contributed by atoms with Crippen LogP contribution in [0.4, 0.5) is 22.7 Å². The Morgan fingerprint density at radius 3 is 2.55 bits per heavy atom. The topological polar surface area (TPSA) is 102 Å². The van der Waals surface area contributed by atoms with E-state index in [1.807, 2.05) is 24.3 Å². The molecule has 0 atom stereocenters. The number of alkyl halides is 3. The van der Waals surface area contributed by atoms with E-state index in [-0.39, 0.29) is 34.5 Å². The van der Waals surface area contributed by atoms with Gasteiger partial charge >= 0.3 is 6.18 Å². The van der Waals surface area contributed by atoms with Crippen molar-refractivity contribution in [3.05, 3.63) is 95.6 Å². The van der Waals surface area contributed by atoms with Crippen molar-refractivity contribution in [3.63, 3.8) is 0 Å². The smallest absolute Gasteiger partial charge is 0.345 e. The average molecular weight is 587 g/mol. The number of amides is 2. The lowest BCUT2D eigenvalue weighted by Gasteiger charge is -2.13. The first-order chi connectivity index (χ1) is 19.2. The Kier molecular flexibility index (Phi) is 7.80. The molecule has 0 unspecified atom stereocenters. The molecule has 0 radical (unpaired) electrons. The maximum atomic E-state index is 13.5. The van der Waals surface area contributed by atoms with Gasteiger partial charge in [0.1, 0.15) is 5.82 Å². The van der Waals surface area contributed by atoms with Crippen LogP contribution >= 0.6 is 23.1 Å². The lowest BCUT2D eigenvalue weighted by atomic mass is 10.2. The second-order valence-electron chi connectivity index (χ2n) is 8.30. The molecule has 2 aromatic heterocycles. The fraction of sp³-hybridized carbons (Fsp3) is 0.115. The van der Waals surface area contributed by atoms with Gasteiger partial charge in [-0.25, -0.2) is 9.37 Å². The number of carbonyl (C=O) groups excluding carboxylic acids is 2. The minimum atomic E-state index is -4.60. The third kappa shape index (κ3) is 6.29. The Morgan fingerprint density at radius 1 is 0.975 bits per heavy atom. The van der Waals surface area contributed by atoms with Crippen molar-refractivity contribution >= 4 is 50.3 Å². The number of fused-ring (bicyclic) bond motifs is 1. The third-order valence-corrected chi connectivity index (χ3v) is 7.38. The standard InChI is InChI=1S/C26H18F4N6O2S2/c27-17-7-3-5-15(11-17)23(38)31-13-21-34-35-25(36(21)18-8-4-6-16(12-18)26(28,29)30)39-14-22(37)33-24-32-19-9-1-2-10-20(19)40-24/h1-12H,13-14H2,(H,31,38)(H,32,33,37). The van der Waals surface area contributed by atoms with Gasteiger partial charge in [-0.1, -0.05) is 47.4 Å². The van der Waals surface area contributed by atoms with E-state index in [9.17, 15) is 27.2 Å². The van der Waals surface area contributed by atoms with E-state index in [1.54, 1.807) is 0 Å². The van der Waals surface area contributed by atoms with Crippen molar-refractivity contribution in [1.29, 1.82) is 0 Å². The first-order valence-electron chi connectivity index (χ1n) is 11.6. The molecule has 0 aliphatic rings. The summed E-state index contributed by atoms with van der Waals surface area (Å²) in [6.07, 6.45) is -4.60. The predicted octanol–water partition coefficient (Wildman–Crippen LogP) is 5.70. The molecule has 204 valence electrons. The number of hydrogen-bond acceptors (Lipinski definition) is 7. The first-order valence-corrected chi connectivity index (χ1v) is 13.4. The zero-order valence-corrected chi connectivity index (χ0v) is 21.9. The summed E-state index contributed by atoms with van der Waals surface area (Å²) >= 11 is 2.26. The van der Waals surface area contributed by atoms with Gasteiger partial charge in [0.05, 0.1) is 33.8 Å². The molecular weight excluding hydrogens is 568 g/mol. The van der Waals surface area contributed by atoms with Crippen molar-refractivity contribution in [3.8, 4) is 5.69 Å². The zero-order chi connectivity index (χ0) is 28.3. The summed E-state index contributed by atoms with van der Waals surface area (Å²) in [4.78, 5) is 29.5. The van der Waals surface area contributed by atoms with Crippen LogP contribution in [0.2, 0.25) is 0 Å². The van der Waals surface area contributed by atoms with E-state index >= 15 is 0 Å². The maximum absolute atomic E-state index is 13.5. The number of hydrogen-bond donors (Lipinski definition) is 2. The second kappa shape index (κ2) is 11.4. The van der Waals surface area contributed by atoms with Crippen LogP contribution in [0.25, 0.3) is 15.9 Å². The minimum absolute atomic E-state index is 0.0613. The highest BCUT2D eigenvalue weighted by molar-refractivity contribution is 7.99. The highest BCUT2D eigenvalue weighted by Crippen LogP contribution is 2.32. The van der Waals surface area contributed by atoms with Gasteiger partial charge in [0.25, 0.3) is 5.91 Å². The van der Waals surface area contributed by atoms with E-state index in [2.05, 4.69) is 25.8 Å². The van der Waals surface area contributed by atoms with Gasteiger partial charge in [-0.05, 0) is 48.5 Å². The molecule has 0 saturated carbocycles. The molecule has 8 nitrogen and oxygen atoms in total. The fourth-order valence-corrected chi connectivity index (χ4v) is 5.34. The first kappa shape index (κ1) is 27.3. The maximum Gasteiger partial charge on any atom is 0.416 e. The highest BCUT2D eigenvalue weighted by atomic mass is 32.2. The van der Waals surface area contributed by atoms with Crippen LogP contribution in [-0.4, -0.2) is 37.3 Å². The van der Waals surface area contributed by atoms with Crippen molar-refractivity contribution < 1.29 is 27.2 Å². The summed E-state index contributed by atoms with van der Waals surface area (Å²) in [6, 6.07) is 17.0.